The summed E-state index contributed by atoms with van der Waals surface area (Å²) in [5.74, 6) is 0.114. The largest absolute Gasteiger partial charge is 0.369 e. The number of carbonyl (C=O) groups is 1. The van der Waals surface area contributed by atoms with Crippen molar-refractivity contribution >= 4 is 22.9 Å². The van der Waals surface area contributed by atoms with Crippen molar-refractivity contribution in [2.45, 2.75) is 20.4 Å². The van der Waals surface area contributed by atoms with Gasteiger partial charge in [0.1, 0.15) is 0 Å². The Kier molecular flexibility index (Phi) is 5.53. The van der Waals surface area contributed by atoms with E-state index in [4.69, 9.17) is 0 Å². The van der Waals surface area contributed by atoms with Gasteiger partial charge in [-0.25, -0.2) is 0 Å². The van der Waals surface area contributed by atoms with Crippen LogP contribution in [0.15, 0.2) is 35.7 Å². The third kappa shape index (κ3) is 4.16. The molecule has 1 N–H and O–H groups in total. The first-order valence-corrected chi connectivity index (χ1v) is 9.34. The van der Waals surface area contributed by atoms with Crippen LogP contribution in [0.4, 0.5) is 5.69 Å². The molecule has 0 spiro atoms. The third-order valence-electron chi connectivity index (χ3n) is 4.70. The molecule has 1 aliphatic rings. The second-order valence-corrected chi connectivity index (χ2v) is 7.37. The van der Waals surface area contributed by atoms with Crippen LogP contribution in [0.5, 0.6) is 0 Å². The molecule has 1 aliphatic heterocycles. The van der Waals surface area contributed by atoms with Gasteiger partial charge in [-0.05, 0) is 42.5 Å². The molecule has 1 saturated heterocycles. The van der Waals surface area contributed by atoms with Crippen LogP contribution in [0.3, 0.4) is 0 Å². The maximum absolute atomic E-state index is 12.1. The molecule has 0 saturated carbocycles. The Labute approximate surface area is 148 Å². The number of nitrogens with one attached hydrogen (secondary N) is 1. The Morgan fingerprint density at radius 3 is 2.62 bits per heavy atom. The van der Waals surface area contributed by atoms with E-state index in [-0.39, 0.29) is 5.91 Å². The van der Waals surface area contributed by atoms with E-state index in [1.807, 2.05) is 17.5 Å². The van der Waals surface area contributed by atoms with Crippen molar-refractivity contribution in [3.05, 3.63) is 51.7 Å². The lowest BCUT2D eigenvalue weighted by Crippen LogP contribution is -2.49. The minimum atomic E-state index is 0.114. The molecule has 24 heavy (non-hydrogen) atoms. The normalized spacial score (nSPS) is 15.5. The fourth-order valence-electron chi connectivity index (χ4n) is 3.08. The predicted octanol–water partition coefficient (Wildman–Crippen LogP) is 2.80. The van der Waals surface area contributed by atoms with Crippen molar-refractivity contribution in [1.29, 1.82) is 0 Å². The molecule has 1 aromatic heterocycles. The molecule has 0 aliphatic carbocycles. The van der Waals surface area contributed by atoms with Crippen molar-refractivity contribution in [1.82, 2.24) is 10.2 Å². The minimum absolute atomic E-state index is 0.114. The molecule has 0 radical (unpaired) electrons. The standard InChI is InChI=1S/C19H25N3OS/c1-15-5-3-7-18(16(15)2)22-10-8-21(9-11-22)14-19(23)20-13-17-6-4-12-24-17/h3-7,12H,8-11,13-14H2,1-2H3,(H,20,23). The zero-order valence-corrected chi connectivity index (χ0v) is 15.2. The maximum Gasteiger partial charge on any atom is 0.234 e. The number of carbonyl (C=O) groups excluding carboxylic acids is 1. The second kappa shape index (κ2) is 7.81. The Hall–Kier alpha value is -1.85. The van der Waals surface area contributed by atoms with Gasteiger partial charge in [-0.2, -0.15) is 0 Å². The van der Waals surface area contributed by atoms with Crippen LogP contribution in [-0.4, -0.2) is 43.5 Å². The summed E-state index contributed by atoms with van der Waals surface area (Å²) < 4.78 is 0. The molecule has 3 rings (SSSR count). The summed E-state index contributed by atoms with van der Waals surface area (Å²) >= 11 is 1.68. The Bertz CT molecular complexity index is 676. The first kappa shape index (κ1) is 17.0. The highest BCUT2D eigenvalue weighted by atomic mass is 32.1. The van der Waals surface area contributed by atoms with Gasteiger partial charge in [0.25, 0.3) is 0 Å². The lowest BCUT2D eigenvalue weighted by atomic mass is 10.1. The summed E-state index contributed by atoms with van der Waals surface area (Å²) in [5, 5.41) is 5.04. The summed E-state index contributed by atoms with van der Waals surface area (Å²) in [6.07, 6.45) is 0. The summed E-state index contributed by atoms with van der Waals surface area (Å²) in [7, 11) is 0. The van der Waals surface area contributed by atoms with Gasteiger partial charge in [-0.1, -0.05) is 18.2 Å². The summed E-state index contributed by atoms with van der Waals surface area (Å²) in [5.41, 5.74) is 4.03. The van der Waals surface area contributed by atoms with Gasteiger partial charge in [-0.3, -0.25) is 9.69 Å². The van der Waals surface area contributed by atoms with Crippen LogP contribution in [0.25, 0.3) is 0 Å². The van der Waals surface area contributed by atoms with E-state index in [0.29, 0.717) is 13.1 Å². The van der Waals surface area contributed by atoms with Crippen molar-refractivity contribution in [2.75, 3.05) is 37.6 Å². The zero-order valence-electron chi connectivity index (χ0n) is 14.4. The van der Waals surface area contributed by atoms with Crippen molar-refractivity contribution in [3.63, 3.8) is 0 Å². The van der Waals surface area contributed by atoms with E-state index in [1.165, 1.54) is 21.7 Å². The minimum Gasteiger partial charge on any atom is -0.369 e. The lowest BCUT2D eigenvalue weighted by molar-refractivity contribution is -0.122. The van der Waals surface area contributed by atoms with Gasteiger partial charge < -0.3 is 10.2 Å². The number of nitrogens with zero attached hydrogens (tertiary/aromatic N) is 2. The predicted molar refractivity (Wildman–Crippen MR) is 101 cm³/mol. The number of piperazine rings is 1. The number of hydrogen-bond acceptors (Lipinski definition) is 4. The quantitative estimate of drug-likeness (QED) is 0.907. The molecule has 5 heteroatoms. The fourth-order valence-corrected chi connectivity index (χ4v) is 3.73. The molecule has 4 nitrogen and oxygen atoms in total. The summed E-state index contributed by atoms with van der Waals surface area (Å²) in [6, 6.07) is 10.5. The van der Waals surface area contributed by atoms with Crippen LogP contribution < -0.4 is 10.2 Å². The SMILES string of the molecule is Cc1cccc(N2CCN(CC(=O)NCc3cccs3)CC2)c1C. The van der Waals surface area contributed by atoms with Crippen molar-refractivity contribution < 1.29 is 4.79 Å². The van der Waals surface area contributed by atoms with Crippen molar-refractivity contribution in [3.8, 4) is 0 Å². The zero-order chi connectivity index (χ0) is 16.9. The van der Waals surface area contributed by atoms with E-state index in [1.54, 1.807) is 11.3 Å². The van der Waals surface area contributed by atoms with Gasteiger partial charge >= 0.3 is 0 Å². The molecule has 1 aromatic carbocycles. The molecule has 0 unspecified atom stereocenters. The van der Waals surface area contributed by atoms with Crippen molar-refractivity contribution in [2.24, 2.45) is 0 Å². The molecule has 1 amide bonds. The van der Waals surface area contributed by atoms with Crippen LogP contribution in [0.2, 0.25) is 0 Å². The van der Waals surface area contributed by atoms with Gasteiger partial charge in [-0.15, -0.1) is 11.3 Å². The van der Waals surface area contributed by atoms with E-state index in [0.717, 1.165) is 26.2 Å². The Morgan fingerprint density at radius 2 is 1.92 bits per heavy atom. The second-order valence-electron chi connectivity index (χ2n) is 6.34. The molecule has 1 fully saturated rings. The Morgan fingerprint density at radius 1 is 1.12 bits per heavy atom. The van der Waals surface area contributed by atoms with E-state index in [2.05, 4.69) is 47.2 Å². The number of amides is 1. The third-order valence-corrected chi connectivity index (χ3v) is 5.57. The van der Waals surface area contributed by atoms with Gasteiger partial charge in [0.05, 0.1) is 13.1 Å². The molecule has 0 bridgehead atoms. The molecule has 2 heterocycles. The summed E-state index contributed by atoms with van der Waals surface area (Å²) in [6.45, 7) is 9.29. The van der Waals surface area contributed by atoms with E-state index in [9.17, 15) is 4.79 Å². The molecular weight excluding hydrogens is 318 g/mol. The van der Waals surface area contributed by atoms with Crippen LogP contribution in [-0.2, 0) is 11.3 Å². The number of rotatable bonds is 5. The number of aryl methyl sites for hydroxylation is 1. The topological polar surface area (TPSA) is 35.6 Å². The average molecular weight is 343 g/mol. The monoisotopic (exact) mass is 343 g/mol. The van der Waals surface area contributed by atoms with Crippen LogP contribution in [0.1, 0.15) is 16.0 Å². The molecule has 2 aromatic rings. The number of thiophene rings is 1. The molecule has 128 valence electrons. The average Bonchev–Trinajstić information content (AvgIpc) is 3.10. The maximum atomic E-state index is 12.1. The summed E-state index contributed by atoms with van der Waals surface area (Å²) in [4.78, 5) is 18.0. The highest BCUT2D eigenvalue weighted by molar-refractivity contribution is 7.09. The smallest absolute Gasteiger partial charge is 0.234 e. The Balaban J connectivity index is 1.46. The van der Waals surface area contributed by atoms with Gasteiger partial charge in [0, 0.05) is 36.7 Å². The van der Waals surface area contributed by atoms with Gasteiger partial charge in [0.2, 0.25) is 5.91 Å². The number of hydrogen-bond donors (Lipinski definition) is 1. The van der Waals surface area contributed by atoms with Crippen LogP contribution >= 0.6 is 11.3 Å². The lowest BCUT2D eigenvalue weighted by Gasteiger charge is -2.36. The highest BCUT2D eigenvalue weighted by Gasteiger charge is 2.20. The van der Waals surface area contributed by atoms with Crippen LogP contribution in [0, 0.1) is 13.8 Å². The highest BCUT2D eigenvalue weighted by Crippen LogP contribution is 2.23. The van der Waals surface area contributed by atoms with E-state index < -0.39 is 0 Å². The number of benzene rings is 1. The molecular formula is C19H25N3OS. The number of anilines is 1. The first-order valence-electron chi connectivity index (χ1n) is 8.46. The molecule has 0 atom stereocenters. The fraction of sp³-hybridized carbons (Fsp3) is 0.421. The van der Waals surface area contributed by atoms with E-state index >= 15 is 0 Å². The first-order chi connectivity index (χ1) is 11.6. The van der Waals surface area contributed by atoms with Gasteiger partial charge in [0.15, 0.2) is 0 Å².